The maximum Gasteiger partial charge on any atom is 0.232 e. The van der Waals surface area contributed by atoms with Gasteiger partial charge in [-0.25, -0.2) is 0 Å². The number of amides is 1. The Morgan fingerprint density at radius 2 is 2.04 bits per heavy atom. The second-order valence-electron chi connectivity index (χ2n) is 6.65. The first kappa shape index (κ1) is 15.7. The van der Waals surface area contributed by atoms with Gasteiger partial charge < -0.3 is 16.4 Å². The van der Waals surface area contributed by atoms with E-state index in [0.717, 1.165) is 23.4 Å². The van der Waals surface area contributed by atoms with Crippen LogP contribution in [0.1, 0.15) is 35.4 Å². The highest BCUT2D eigenvalue weighted by Crippen LogP contribution is 2.34. The number of aliphatic imine (C=N–C) groups is 1. The molecule has 4 N–H and O–H groups in total. The zero-order chi connectivity index (χ0) is 17.2. The minimum Gasteiger partial charge on any atom is -0.370 e. The van der Waals surface area contributed by atoms with Crippen molar-refractivity contribution >= 4 is 23.2 Å². The highest BCUT2D eigenvalue weighted by molar-refractivity contribution is 6.02. The van der Waals surface area contributed by atoms with E-state index in [-0.39, 0.29) is 11.8 Å². The normalized spacial score (nSPS) is 18.6. The van der Waals surface area contributed by atoms with Crippen LogP contribution < -0.4 is 16.4 Å². The molecule has 0 spiro atoms. The fourth-order valence-corrected chi connectivity index (χ4v) is 3.71. The zero-order valence-corrected chi connectivity index (χ0v) is 14.1. The molecule has 25 heavy (non-hydrogen) atoms. The predicted octanol–water partition coefficient (Wildman–Crippen LogP) is 3.03. The monoisotopic (exact) mass is 334 g/mol. The van der Waals surface area contributed by atoms with Gasteiger partial charge in [0, 0.05) is 17.9 Å². The van der Waals surface area contributed by atoms with E-state index in [9.17, 15) is 4.79 Å². The number of carbonyl (C=O) groups excluding carboxylic acids is 1. The summed E-state index contributed by atoms with van der Waals surface area (Å²) in [6, 6.07) is 14.2. The fraction of sp³-hybridized carbons (Fsp3) is 0.300. The van der Waals surface area contributed by atoms with Crippen molar-refractivity contribution in [3.8, 4) is 0 Å². The molecular weight excluding hydrogens is 312 g/mol. The number of aryl methyl sites for hydroxylation is 2. The van der Waals surface area contributed by atoms with Gasteiger partial charge in [0.05, 0.1) is 5.92 Å². The molecule has 0 fully saturated rings. The van der Waals surface area contributed by atoms with Crippen LogP contribution in [0.2, 0.25) is 0 Å². The number of para-hydroxylation sites is 1. The lowest BCUT2D eigenvalue weighted by Gasteiger charge is -2.09. The Hall–Kier alpha value is -2.82. The van der Waals surface area contributed by atoms with Crippen LogP contribution in [-0.2, 0) is 17.6 Å². The molecule has 4 rings (SSSR count). The number of nitrogens with zero attached hydrogens (tertiary/aromatic N) is 1. The van der Waals surface area contributed by atoms with Crippen LogP contribution in [0.5, 0.6) is 0 Å². The van der Waals surface area contributed by atoms with E-state index >= 15 is 0 Å². The Morgan fingerprint density at radius 1 is 1.20 bits per heavy atom. The number of fused-ring (bicyclic) bond motifs is 2. The molecule has 5 nitrogen and oxygen atoms in total. The zero-order valence-electron chi connectivity index (χ0n) is 14.1. The van der Waals surface area contributed by atoms with Crippen molar-refractivity contribution in [2.75, 3.05) is 17.2 Å². The quantitative estimate of drug-likeness (QED) is 0.594. The molecule has 1 atom stereocenters. The minimum absolute atomic E-state index is 0.0431. The average molecular weight is 334 g/mol. The molecule has 0 radical (unpaired) electrons. The van der Waals surface area contributed by atoms with Gasteiger partial charge in [0.25, 0.3) is 0 Å². The molecular formula is C20H22N4O. The van der Waals surface area contributed by atoms with Gasteiger partial charge in [-0.2, -0.15) is 0 Å². The summed E-state index contributed by atoms with van der Waals surface area (Å²) in [5.41, 5.74) is 11.8. The molecule has 0 aromatic heterocycles. The molecule has 0 saturated carbocycles. The number of guanidine groups is 1. The number of hydrogen-bond acceptors (Lipinski definition) is 2. The highest BCUT2D eigenvalue weighted by atomic mass is 16.2. The predicted molar refractivity (Wildman–Crippen MR) is 101 cm³/mol. The smallest absolute Gasteiger partial charge is 0.232 e. The van der Waals surface area contributed by atoms with Crippen LogP contribution in [0.3, 0.4) is 0 Å². The van der Waals surface area contributed by atoms with Gasteiger partial charge in [0.1, 0.15) is 0 Å². The molecule has 1 heterocycles. The van der Waals surface area contributed by atoms with Crippen molar-refractivity contribution in [1.82, 2.24) is 0 Å². The van der Waals surface area contributed by atoms with Crippen molar-refractivity contribution < 1.29 is 4.79 Å². The van der Waals surface area contributed by atoms with E-state index < -0.39 is 0 Å². The fourth-order valence-electron chi connectivity index (χ4n) is 3.71. The molecule has 128 valence electrons. The molecule has 2 aliphatic rings. The molecule has 0 saturated heterocycles. The first-order valence-corrected chi connectivity index (χ1v) is 8.79. The van der Waals surface area contributed by atoms with Crippen molar-refractivity contribution in [3.05, 3.63) is 59.2 Å². The summed E-state index contributed by atoms with van der Waals surface area (Å²) in [4.78, 5) is 16.5. The largest absolute Gasteiger partial charge is 0.370 e. The molecule has 1 aliphatic carbocycles. The Bertz CT molecular complexity index is 843. The molecule has 1 aliphatic heterocycles. The highest BCUT2D eigenvalue weighted by Gasteiger charge is 2.29. The van der Waals surface area contributed by atoms with E-state index in [2.05, 4.69) is 27.8 Å². The number of nitrogens with one attached hydrogen (secondary N) is 2. The second kappa shape index (κ2) is 6.59. The van der Waals surface area contributed by atoms with Gasteiger partial charge in [-0.1, -0.05) is 24.3 Å². The van der Waals surface area contributed by atoms with Crippen LogP contribution in [0.4, 0.5) is 11.4 Å². The number of anilines is 2. The lowest BCUT2D eigenvalue weighted by molar-refractivity contribution is -0.117. The summed E-state index contributed by atoms with van der Waals surface area (Å²) in [6.45, 7) is 0.510. The van der Waals surface area contributed by atoms with E-state index in [4.69, 9.17) is 5.73 Å². The van der Waals surface area contributed by atoms with Crippen LogP contribution in [0.15, 0.2) is 47.5 Å². The lowest BCUT2D eigenvalue weighted by Crippen LogP contribution is -2.23. The summed E-state index contributed by atoms with van der Waals surface area (Å²) in [6.07, 6.45) is 4.19. The maximum atomic E-state index is 12.1. The lowest BCUT2D eigenvalue weighted by atomic mass is 9.97. The second-order valence-corrected chi connectivity index (χ2v) is 6.65. The first-order valence-electron chi connectivity index (χ1n) is 8.79. The third kappa shape index (κ3) is 3.22. The van der Waals surface area contributed by atoms with E-state index in [0.29, 0.717) is 18.9 Å². The maximum absolute atomic E-state index is 12.1. The molecule has 1 amide bonds. The van der Waals surface area contributed by atoms with E-state index in [1.807, 2.05) is 30.3 Å². The topological polar surface area (TPSA) is 79.5 Å². The number of rotatable bonds is 4. The van der Waals surface area contributed by atoms with Gasteiger partial charge in [0.2, 0.25) is 5.91 Å². The average Bonchev–Trinajstić information content (AvgIpc) is 3.19. The van der Waals surface area contributed by atoms with Gasteiger partial charge in [-0.3, -0.25) is 9.79 Å². The molecule has 2 aromatic carbocycles. The third-order valence-corrected chi connectivity index (χ3v) is 4.98. The van der Waals surface area contributed by atoms with Crippen molar-refractivity contribution in [2.24, 2.45) is 10.7 Å². The van der Waals surface area contributed by atoms with Gasteiger partial charge in [-0.05, 0) is 60.6 Å². The summed E-state index contributed by atoms with van der Waals surface area (Å²) in [7, 11) is 0. The molecule has 1 unspecified atom stereocenters. The Labute approximate surface area is 147 Å². The number of benzene rings is 2. The van der Waals surface area contributed by atoms with Crippen molar-refractivity contribution in [1.29, 1.82) is 0 Å². The first-order chi connectivity index (χ1) is 12.2. The number of nitrogens with two attached hydrogens (primary N) is 1. The van der Waals surface area contributed by atoms with Crippen LogP contribution in [0.25, 0.3) is 0 Å². The Morgan fingerprint density at radius 3 is 2.96 bits per heavy atom. The molecule has 5 heteroatoms. The van der Waals surface area contributed by atoms with Gasteiger partial charge in [0.15, 0.2) is 5.96 Å². The Balaban J connectivity index is 1.37. The number of carbonyl (C=O) groups is 1. The summed E-state index contributed by atoms with van der Waals surface area (Å²) >= 11 is 0. The van der Waals surface area contributed by atoms with Gasteiger partial charge in [-0.15, -0.1) is 0 Å². The minimum atomic E-state index is -0.146. The SMILES string of the molecule is NC(=NCCC1C(=O)Nc2ccccc21)Nc1ccc2c(c1)CCC2. The molecule has 0 bridgehead atoms. The number of hydrogen-bond donors (Lipinski definition) is 3. The van der Waals surface area contributed by atoms with Crippen LogP contribution in [-0.4, -0.2) is 18.4 Å². The van der Waals surface area contributed by atoms with Gasteiger partial charge >= 0.3 is 0 Å². The van der Waals surface area contributed by atoms with Crippen LogP contribution >= 0.6 is 0 Å². The van der Waals surface area contributed by atoms with Crippen LogP contribution in [0, 0.1) is 0 Å². The van der Waals surface area contributed by atoms with E-state index in [1.165, 1.54) is 24.0 Å². The van der Waals surface area contributed by atoms with E-state index in [1.54, 1.807) is 0 Å². The standard InChI is InChI=1S/C20H22N4O/c21-20(23-15-9-8-13-4-3-5-14(13)12-15)22-11-10-17-16-6-1-2-7-18(16)24-19(17)25/h1-2,6-9,12,17H,3-5,10-11H2,(H,24,25)(H3,21,22,23). The Kier molecular flexibility index (Phi) is 4.14. The summed E-state index contributed by atoms with van der Waals surface area (Å²) in [5, 5.41) is 6.07. The third-order valence-electron chi connectivity index (χ3n) is 4.98. The summed E-state index contributed by atoms with van der Waals surface area (Å²) < 4.78 is 0. The molecule has 2 aromatic rings. The van der Waals surface area contributed by atoms with Crippen molar-refractivity contribution in [3.63, 3.8) is 0 Å². The summed E-state index contributed by atoms with van der Waals surface area (Å²) in [5.74, 6) is 0.291. The van der Waals surface area contributed by atoms with Crippen molar-refractivity contribution in [2.45, 2.75) is 31.6 Å².